The van der Waals surface area contributed by atoms with Crippen LogP contribution in [0.1, 0.15) is 19.4 Å². The van der Waals surface area contributed by atoms with E-state index in [-0.39, 0.29) is 0 Å². The summed E-state index contributed by atoms with van der Waals surface area (Å²) < 4.78 is 1.81. The number of piperazine rings is 1. The van der Waals surface area contributed by atoms with E-state index in [1.165, 1.54) is 0 Å². The van der Waals surface area contributed by atoms with Crippen LogP contribution in [0.2, 0.25) is 5.02 Å². The van der Waals surface area contributed by atoms with Gasteiger partial charge in [-0.1, -0.05) is 54.1 Å². The number of anilines is 2. The number of fused-ring (bicyclic) bond motifs is 1. The van der Waals surface area contributed by atoms with Gasteiger partial charge in [-0.2, -0.15) is 4.98 Å². The molecule has 0 saturated carbocycles. The van der Waals surface area contributed by atoms with Gasteiger partial charge in [0.2, 0.25) is 5.95 Å². The molecular formula is C25H28ClN7. The van der Waals surface area contributed by atoms with E-state index >= 15 is 0 Å². The van der Waals surface area contributed by atoms with Crippen molar-refractivity contribution in [2.24, 2.45) is 0 Å². The van der Waals surface area contributed by atoms with Gasteiger partial charge in [-0.05, 0) is 31.5 Å². The van der Waals surface area contributed by atoms with Gasteiger partial charge in [-0.15, -0.1) is 5.10 Å². The van der Waals surface area contributed by atoms with E-state index in [1.54, 1.807) is 0 Å². The van der Waals surface area contributed by atoms with Crippen LogP contribution in [0.25, 0.3) is 22.3 Å². The van der Waals surface area contributed by atoms with Crippen LogP contribution in [0, 0.1) is 0 Å². The van der Waals surface area contributed by atoms with Crippen molar-refractivity contribution in [3.05, 3.63) is 65.2 Å². The molecule has 2 aromatic carbocycles. The maximum absolute atomic E-state index is 6.61. The molecule has 4 aromatic rings. The van der Waals surface area contributed by atoms with Crippen LogP contribution in [0.4, 0.5) is 11.8 Å². The van der Waals surface area contributed by atoms with Gasteiger partial charge in [-0.3, -0.25) is 4.90 Å². The Morgan fingerprint density at radius 3 is 2.42 bits per heavy atom. The largest absolute Gasteiger partial charge is 0.383 e. The third-order valence-corrected chi connectivity index (χ3v) is 6.46. The fraction of sp³-hybridized carbons (Fsp3) is 0.320. The minimum atomic E-state index is 0.533. The Kier molecular flexibility index (Phi) is 5.91. The zero-order valence-corrected chi connectivity index (χ0v) is 19.7. The fourth-order valence-corrected chi connectivity index (χ4v) is 4.53. The van der Waals surface area contributed by atoms with Gasteiger partial charge in [0.1, 0.15) is 5.82 Å². The van der Waals surface area contributed by atoms with E-state index in [1.807, 2.05) is 47.1 Å². The molecule has 2 N–H and O–H groups in total. The molecule has 1 aliphatic rings. The van der Waals surface area contributed by atoms with Crippen molar-refractivity contribution in [1.82, 2.24) is 24.6 Å². The summed E-state index contributed by atoms with van der Waals surface area (Å²) in [5.74, 6) is 1.24. The van der Waals surface area contributed by atoms with Crippen molar-refractivity contribution >= 4 is 34.4 Å². The molecule has 1 aliphatic heterocycles. The molecule has 7 nitrogen and oxygen atoms in total. The summed E-state index contributed by atoms with van der Waals surface area (Å²) in [4.78, 5) is 14.5. The molecule has 3 heterocycles. The first-order valence-electron chi connectivity index (χ1n) is 11.3. The van der Waals surface area contributed by atoms with Crippen molar-refractivity contribution in [2.75, 3.05) is 36.8 Å². The number of nitrogens with two attached hydrogens (primary N) is 1. The topological polar surface area (TPSA) is 76.1 Å². The summed E-state index contributed by atoms with van der Waals surface area (Å²) in [6.07, 6.45) is 0. The van der Waals surface area contributed by atoms with Crippen LogP contribution in [-0.2, 0) is 6.54 Å². The number of halogens is 1. The van der Waals surface area contributed by atoms with Crippen LogP contribution < -0.4 is 10.6 Å². The lowest BCUT2D eigenvalue weighted by Gasteiger charge is -2.36. The third-order valence-electron chi connectivity index (χ3n) is 6.23. The Bertz CT molecular complexity index is 1260. The van der Waals surface area contributed by atoms with Crippen molar-refractivity contribution in [3.8, 4) is 11.3 Å². The number of nitrogens with zero attached hydrogens (tertiary/aromatic N) is 6. The molecule has 0 bridgehead atoms. The highest BCUT2D eigenvalue weighted by molar-refractivity contribution is 6.30. The van der Waals surface area contributed by atoms with E-state index < -0.39 is 0 Å². The normalized spacial score (nSPS) is 15.0. The highest BCUT2D eigenvalue weighted by Gasteiger charge is 2.24. The zero-order chi connectivity index (χ0) is 22.9. The molecule has 0 atom stereocenters. The lowest BCUT2D eigenvalue weighted by molar-refractivity contribution is 0.208. The number of hydrogen-bond acceptors (Lipinski definition) is 6. The molecule has 33 heavy (non-hydrogen) atoms. The minimum absolute atomic E-state index is 0.533. The highest BCUT2D eigenvalue weighted by atomic mass is 35.5. The van der Waals surface area contributed by atoms with E-state index in [4.69, 9.17) is 32.4 Å². The molecule has 1 saturated heterocycles. The van der Waals surface area contributed by atoms with Gasteiger partial charge in [0, 0.05) is 42.8 Å². The summed E-state index contributed by atoms with van der Waals surface area (Å²) in [7, 11) is 0. The Balaban J connectivity index is 1.60. The van der Waals surface area contributed by atoms with Crippen LogP contribution >= 0.6 is 11.6 Å². The van der Waals surface area contributed by atoms with E-state index in [9.17, 15) is 0 Å². The summed E-state index contributed by atoms with van der Waals surface area (Å²) >= 11 is 6.32. The SMILES string of the molecule is CC(C)N1CCN(c2nc(-c3cccc(Cl)c3)c3c(N)n(Cc4ccccc4)nc3n2)CC1. The molecule has 0 amide bonds. The number of aromatic nitrogens is 4. The predicted molar refractivity (Wildman–Crippen MR) is 135 cm³/mol. The molecule has 8 heteroatoms. The Morgan fingerprint density at radius 2 is 1.73 bits per heavy atom. The zero-order valence-electron chi connectivity index (χ0n) is 18.9. The molecule has 0 unspecified atom stereocenters. The van der Waals surface area contributed by atoms with Gasteiger partial charge in [0.25, 0.3) is 0 Å². The monoisotopic (exact) mass is 461 g/mol. The minimum Gasteiger partial charge on any atom is -0.383 e. The quantitative estimate of drug-likeness (QED) is 0.477. The molecule has 0 spiro atoms. The predicted octanol–water partition coefficient (Wildman–Crippen LogP) is 4.31. The van der Waals surface area contributed by atoms with Crippen LogP contribution in [0.15, 0.2) is 54.6 Å². The van der Waals surface area contributed by atoms with Crippen molar-refractivity contribution in [1.29, 1.82) is 0 Å². The first-order valence-corrected chi connectivity index (χ1v) is 11.7. The third kappa shape index (κ3) is 4.38. The van der Waals surface area contributed by atoms with Crippen LogP contribution in [0.3, 0.4) is 0 Å². The van der Waals surface area contributed by atoms with Crippen LogP contribution in [-0.4, -0.2) is 56.9 Å². The van der Waals surface area contributed by atoms with E-state index in [0.717, 1.165) is 48.4 Å². The van der Waals surface area contributed by atoms with Crippen LogP contribution in [0.5, 0.6) is 0 Å². The maximum Gasteiger partial charge on any atom is 0.228 e. The Labute approximate surface area is 198 Å². The second-order valence-electron chi connectivity index (χ2n) is 8.73. The number of benzene rings is 2. The average molecular weight is 462 g/mol. The van der Waals surface area contributed by atoms with Gasteiger partial charge in [0.05, 0.1) is 17.6 Å². The van der Waals surface area contributed by atoms with Crippen molar-refractivity contribution < 1.29 is 0 Å². The second kappa shape index (κ2) is 9.00. The van der Waals surface area contributed by atoms with Gasteiger partial charge >= 0.3 is 0 Å². The Morgan fingerprint density at radius 1 is 0.970 bits per heavy atom. The maximum atomic E-state index is 6.61. The molecule has 1 fully saturated rings. The first kappa shape index (κ1) is 21.7. The fourth-order valence-electron chi connectivity index (χ4n) is 4.34. The number of rotatable bonds is 5. The van der Waals surface area contributed by atoms with Gasteiger partial charge < -0.3 is 10.6 Å². The smallest absolute Gasteiger partial charge is 0.228 e. The molecule has 0 aliphatic carbocycles. The van der Waals surface area contributed by atoms with Crippen molar-refractivity contribution in [2.45, 2.75) is 26.4 Å². The molecule has 2 aromatic heterocycles. The van der Waals surface area contributed by atoms with E-state index in [0.29, 0.717) is 35.0 Å². The summed E-state index contributed by atoms with van der Waals surface area (Å²) in [5.41, 5.74) is 10.0. The van der Waals surface area contributed by atoms with Gasteiger partial charge in [-0.25, -0.2) is 9.67 Å². The highest BCUT2D eigenvalue weighted by Crippen LogP contribution is 2.33. The first-order chi connectivity index (χ1) is 16.0. The average Bonchev–Trinajstić information content (AvgIpc) is 3.14. The number of nitrogen functional groups attached to an aromatic ring is 1. The summed E-state index contributed by atoms with van der Waals surface area (Å²) in [6, 6.07) is 18.4. The lowest BCUT2D eigenvalue weighted by Crippen LogP contribution is -2.49. The lowest BCUT2D eigenvalue weighted by atomic mass is 10.1. The summed E-state index contributed by atoms with van der Waals surface area (Å²) in [6.45, 7) is 8.75. The van der Waals surface area contributed by atoms with Crippen molar-refractivity contribution in [3.63, 3.8) is 0 Å². The molecule has 170 valence electrons. The second-order valence-corrected chi connectivity index (χ2v) is 9.16. The van der Waals surface area contributed by atoms with Gasteiger partial charge in [0.15, 0.2) is 5.65 Å². The van der Waals surface area contributed by atoms with E-state index in [2.05, 4.69) is 35.8 Å². The summed E-state index contributed by atoms with van der Waals surface area (Å²) in [5, 5.41) is 6.20. The Hall–Kier alpha value is -3.16. The standard InChI is InChI=1S/C25H28ClN7/c1-17(2)31-11-13-32(14-12-31)25-28-22(19-9-6-10-20(26)15-19)21-23(27)33(30-24(21)29-25)16-18-7-4-3-5-8-18/h3-10,15,17H,11-14,16,27H2,1-2H3. The molecule has 5 rings (SSSR count). The number of hydrogen-bond donors (Lipinski definition) is 1. The molecular weight excluding hydrogens is 434 g/mol. The molecule has 0 radical (unpaired) electrons.